The third kappa shape index (κ3) is 42.5. The van der Waals surface area contributed by atoms with Gasteiger partial charge in [-0.1, -0.05) is 198 Å². The van der Waals surface area contributed by atoms with Gasteiger partial charge in [0.15, 0.2) is 17.3 Å². The number of ketones is 3. The molecule has 133 heavy (non-hydrogen) atoms. The summed E-state index contributed by atoms with van der Waals surface area (Å²) >= 11 is 0. The second-order valence-electron chi connectivity index (χ2n) is 40.0. The molecular weight excluding hydrogens is 1680 g/mol. The van der Waals surface area contributed by atoms with Crippen LogP contribution in [0.15, 0.2) is 200 Å². The number of methoxy groups -OCH3 is 1. The number of esters is 7. The molecule has 0 saturated heterocycles. The lowest BCUT2D eigenvalue weighted by Gasteiger charge is -2.27. The van der Waals surface area contributed by atoms with Gasteiger partial charge in [0.1, 0.15) is 51.1 Å². The lowest BCUT2D eigenvalue weighted by Crippen LogP contribution is -2.33. The van der Waals surface area contributed by atoms with Crippen molar-refractivity contribution in [2.24, 2.45) is 32.5 Å². The molecule has 730 valence electrons. The van der Waals surface area contributed by atoms with Gasteiger partial charge in [-0.15, -0.1) is 0 Å². The molecule has 0 aromatic heterocycles. The number of rotatable bonds is 24. The van der Waals surface area contributed by atoms with E-state index in [2.05, 4.69) is 41.5 Å². The number of fused-ring (bicyclic) bond motifs is 2. The maximum absolute atomic E-state index is 12.3. The summed E-state index contributed by atoms with van der Waals surface area (Å²) in [6.07, 6.45) is 8.88. The van der Waals surface area contributed by atoms with Crippen LogP contribution in [-0.4, -0.2) is 98.4 Å². The molecular formula is C113H158O20. The van der Waals surface area contributed by atoms with Crippen LogP contribution in [0, 0.1) is 32.5 Å². The Morgan fingerprint density at radius 3 is 0.925 bits per heavy atom. The normalized spacial score (nSPS) is 12.6. The Balaban J connectivity index is 0.000000760. The van der Waals surface area contributed by atoms with Gasteiger partial charge < -0.3 is 48.5 Å². The molecule has 0 heterocycles. The molecule has 0 bridgehead atoms. The smallest absolute Gasteiger partial charge is 0.341 e. The molecule has 3 unspecified atom stereocenters. The van der Waals surface area contributed by atoms with Gasteiger partial charge in [-0.25, -0.2) is 4.79 Å². The first-order valence-electron chi connectivity index (χ1n) is 46.4. The Kier molecular flexibility index (Phi) is 49.0. The first-order valence-corrected chi connectivity index (χ1v) is 46.4. The summed E-state index contributed by atoms with van der Waals surface area (Å²) in [5.74, 6) is 0.501. The lowest BCUT2D eigenvalue weighted by molar-refractivity contribution is -0.166. The van der Waals surface area contributed by atoms with Crippen molar-refractivity contribution in [1.82, 2.24) is 0 Å². The molecule has 1 aliphatic carbocycles. The van der Waals surface area contributed by atoms with Crippen LogP contribution in [0.3, 0.4) is 0 Å². The number of carbonyl (C=O) groups excluding carboxylic acids is 10. The van der Waals surface area contributed by atoms with Crippen molar-refractivity contribution >= 4 is 69.9 Å². The first kappa shape index (κ1) is 119. The number of phenols is 3. The molecule has 8 aromatic rings. The van der Waals surface area contributed by atoms with Gasteiger partial charge in [0.25, 0.3) is 0 Å². The molecule has 9 rings (SSSR count). The minimum atomic E-state index is -0.693. The van der Waals surface area contributed by atoms with Gasteiger partial charge in [-0.05, 0) is 321 Å². The van der Waals surface area contributed by atoms with E-state index in [-0.39, 0.29) is 97.1 Å². The standard InChI is InChI=1S/C19H20O3.C18H20O4.C16H16O4.3C10H20O2.3C10H14O/c1-4-19(2,3)18(21)22-16-12-10-15(11-13-16)17(20)14-8-6-5-7-9-14;1-5-18(2,3)17(20)22-15-11-13-9-7-6-8-12(13)10-14(15)16(19)21-4;1-4-16(2,3)15(19)20-13-9-12(17)10-7-5-6-8-11(10)14(13)18;3*1-7-10(5,6)8(11)12-9(2,3)4;3*1-3-8(2)9-4-6-10(11)7-5-9/h5-13H,4H2,1-3H3;6-11H,5H2,1-4H3;5-9H,4H2,1-3H3;3*7H2,1-6H3;3*4-8,11H,3H2,1-2H3. The molecule has 3 atom stereocenters. The summed E-state index contributed by atoms with van der Waals surface area (Å²) in [6, 6.07) is 55.5. The van der Waals surface area contributed by atoms with Crippen LogP contribution < -0.4 is 9.47 Å². The Hall–Kier alpha value is -11.5. The summed E-state index contributed by atoms with van der Waals surface area (Å²) in [5.41, 5.74) is 1.97. The van der Waals surface area contributed by atoms with E-state index in [1.165, 1.54) is 23.8 Å². The second-order valence-corrected chi connectivity index (χ2v) is 40.0. The minimum absolute atomic E-state index is 0.0487. The molecule has 0 spiro atoms. The van der Waals surface area contributed by atoms with E-state index in [9.17, 15) is 47.9 Å². The summed E-state index contributed by atoms with van der Waals surface area (Å²) in [5, 5.41) is 28.8. The topological polar surface area (TPSA) is 296 Å². The van der Waals surface area contributed by atoms with E-state index < -0.39 is 34.0 Å². The number of hydrogen-bond donors (Lipinski definition) is 3. The predicted molar refractivity (Wildman–Crippen MR) is 535 cm³/mol. The van der Waals surface area contributed by atoms with Gasteiger partial charge in [0.05, 0.1) is 39.6 Å². The van der Waals surface area contributed by atoms with Crippen molar-refractivity contribution in [1.29, 1.82) is 0 Å². The summed E-state index contributed by atoms with van der Waals surface area (Å²) in [6.45, 7) is 63.9. The second kappa shape index (κ2) is 54.6. The molecule has 20 heteroatoms. The van der Waals surface area contributed by atoms with Crippen LogP contribution in [-0.2, 0) is 52.5 Å². The van der Waals surface area contributed by atoms with E-state index in [1.807, 2.05) is 252 Å². The molecule has 0 radical (unpaired) electrons. The van der Waals surface area contributed by atoms with Crippen LogP contribution in [0.1, 0.15) is 368 Å². The molecule has 1 aliphatic rings. The minimum Gasteiger partial charge on any atom is -0.508 e. The van der Waals surface area contributed by atoms with Crippen molar-refractivity contribution in [2.75, 3.05) is 7.11 Å². The van der Waals surface area contributed by atoms with Crippen molar-refractivity contribution < 1.29 is 96.4 Å². The summed E-state index contributed by atoms with van der Waals surface area (Å²) in [4.78, 5) is 119. The third-order valence-corrected chi connectivity index (χ3v) is 23.0. The molecule has 0 amide bonds. The van der Waals surface area contributed by atoms with Gasteiger partial charge >= 0.3 is 41.8 Å². The molecule has 0 fully saturated rings. The average Bonchev–Trinajstić information content (AvgIpc) is 0.790. The molecule has 0 saturated carbocycles. The van der Waals surface area contributed by atoms with E-state index in [0.29, 0.717) is 76.7 Å². The maximum Gasteiger partial charge on any atom is 0.341 e. The zero-order valence-electron chi connectivity index (χ0n) is 86.4. The average molecular weight is 1840 g/mol. The molecule has 8 aromatic carbocycles. The van der Waals surface area contributed by atoms with Crippen molar-refractivity contribution in [3.8, 4) is 28.7 Å². The number of phenolic OH excluding ortho intramolecular Hbond substituents is 3. The van der Waals surface area contributed by atoms with Crippen LogP contribution in [0.25, 0.3) is 10.8 Å². The summed E-state index contributed by atoms with van der Waals surface area (Å²) in [7, 11) is 1.30. The Labute approximate surface area is 795 Å². The molecule has 3 N–H and O–H groups in total. The van der Waals surface area contributed by atoms with Crippen molar-refractivity contribution in [2.45, 2.75) is 321 Å². The van der Waals surface area contributed by atoms with E-state index in [1.54, 1.807) is 123 Å². The number of Topliss-reactive ketones (excluding diaryl/α,β-unsaturated/α-hetero) is 1. The highest BCUT2D eigenvalue weighted by Crippen LogP contribution is 2.35. The highest BCUT2D eigenvalue weighted by Gasteiger charge is 2.37. The Bertz CT molecular complexity index is 4800. The number of aromatic hydroxyl groups is 3. The zero-order valence-corrected chi connectivity index (χ0v) is 86.4. The van der Waals surface area contributed by atoms with Gasteiger partial charge in [0.2, 0.25) is 5.78 Å². The maximum atomic E-state index is 12.3. The van der Waals surface area contributed by atoms with Gasteiger partial charge in [0, 0.05) is 28.3 Å². The number of benzene rings is 8. The quantitative estimate of drug-likeness (QED) is 0.0219. The number of ether oxygens (including phenoxy) is 7. The SMILES string of the molecule is CCC(C)(C)C(=O)OC(C)(C)C.CCC(C)(C)C(=O)OC(C)(C)C.CCC(C)(C)C(=O)OC(C)(C)C.CCC(C)(C)C(=O)OC1=CC(=O)c2ccccc2C1=O.CCC(C)(C)C(=O)Oc1cc2ccccc2cc1C(=O)OC.CCC(C)(C)C(=O)Oc1ccc(C(=O)c2ccccc2)cc1.CCC(C)c1ccc(O)cc1.CCC(C)c1ccc(O)cc1.CCC(C)c1ccc(O)cc1. The van der Waals surface area contributed by atoms with Crippen LogP contribution >= 0.6 is 0 Å². The van der Waals surface area contributed by atoms with Crippen LogP contribution in [0.5, 0.6) is 28.7 Å². The number of allylic oxidation sites excluding steroid dienone is 2. The van der Waals surface area contributed by atoms with E-state index in [4.69, 9.17) is 48.5 Å². The van der Waals surface area contributed by atoms with E-state index >= 15 is 0 Å². The largest absolute Gasteiger partial charge is 0.508 e. The van der Waals surface area contributed by atoms with Crippen LogP contribution in [0.4, 0.5) is 0 Å². The summed E-state index contributed by atoms with van der Waals surface area (Å²) < 4.78 is 36.5. The van der Waals surface area contributed by atoms with Crippen LogP contribution in [0.2, 0.25) is 0 Å². The Morgan fingerprint density at radius 2 is 0.609 bits per heavy atom. The van der Waals surface area contributed by atoms with E-state index in [0.717, 1.165) is 55.4 Å². The van der Waals surface area contributed by atoms with Gasteiger partial charge in [-0.3, -0.25) is 43.2 Å². The first-order chi connectivity index (χ1) is 61.5. The lowest BCUT2D eigenvalue weighted by atomic mass is 9.90. The van der Waals surface area contributed by atoms with Crippen molar-refractivity contribution in [3.05, 3.63) is 244 Å². The predicted octanol–water partition coefficient (Wildman–Crippen LogP) is 28.2. The fourth-order valence-electron chi connectivity index (χ4n) is 10.3. The fraction of sp³-hybridized carbons (Fsp3) is 0.487. The Morgan fingerprint density at radius 1 is 0.323 bits per heavy atom. The molecule has 0 aliphatic heterocycles. The monoisotopic (exact) mass is 1840 g/mol. The highest BCUT2D eigenvalue weighted by molar-refractivity contribution is 6.24. The fourth-order valence-corrected chi connectivity index (χ4v) is 10.3. The van der Waals surface area contributed by atoms with Gasteiger partial charge in [-0.2, -0.15) is 0 Å². The highest BCUT2D eigenvalue weighted by atomic mass is 16.6. The molecule has 20 nitrogen and oxygen atoms in total. The number of carbonyl (C=O) groups is 10. The third-order valence-electron chi connectivity index (χ3n) is 23.0. The number of hydrogen-bond acceptors (Lipinski definition) is 20. The van der Waals surface area contributed by atoms with Crippen molar-refractivity contribution in [3.63, 3.8) is 0 Å². The zero-order chi connectivity index (χ0) is 102.